The van der Waals surface area contributed by atoms with Gasteiger partial charge in [-0.25, -0.2) is 9.78 Å². The fourth-order valence-corrected chi connectivity index (χ4v) is 3.42. The number of para-hydroxylation sites is 2. The molecule has 0 atom stereocenters. The van der Waals surface area contributed by atoms with Crippen molar-refractivity contribution in [3.63, 3.8) is 0 Å². The molecule has 3 aromatic rings. The minimum absolute atomic E-state index is 0.296. The average molecular weight is 405 g/mol. The van der Waals surface area contributed by atoms with Gasteiger partial charge in [-0.1, -0.05) is 56.0 Å². The summed E-state index contributed by atoms with van der Waals surface area (Å²) >= 11 is 0. The fourth-order valence-electron chi connectivity index (χ4n) is 3.42. The molecule has 0 unspecified atom stereocenters. The van der Waals surface area contributed by atoms with Crippen LogP contribution in [0.5, 0.6) is 0 Å². The molecule has 1 N–H and O–H groups in total. The van der Waals surface area contributed by atoms with Crippen molar-refractivity contribution in [3.05, 3.63) is 87.9 Å². The Kier molecular flexibility index (Phi) is 7.95. The van der Waals surface area contributed by atoms with Gasteiger partial charge in [0.1, 0.15) is 0 Å². The Bertz CT molecular complexity index is 1180. The highest BCUT2D eigenvalue weighted by molar-refractivity contribution is 5.79. The summed E-state index contributed by atoms with van der Waals surface area (Å²) in [6.45, 7) is 3.75. The van der Waals surface area contributed by atoms with Crippen LogP contribution in [0.4, 0.5) is 0 Å². The van der Waals surface area contributed by atoms with Gasteiger partial charge >= 0.3 is 5.63 Å². The van der Waals surface area contributed by atoms with Crippen LogP contribution in [0, 0.1) is 0 Å². The predicted octanol–water partition coefficient (Wildman–Crippen LogP) is 5.61. The Hall–Kier alpha value is -3.21. The van der Waals surface area contributed by atoms with Crippen LogP contribution in [0.1, 0.15) is 50.8 Å². The molecule has 156 valence electrons. The monoisotopic (exact) mass is 404 g/mol. The molecule has 0 spiro atoms. The van der Waals surface area contributed by atoms with Crippen molar-refractivity contribution >= 4 is 21.8 Å². The highest BCUT2D eigenvalue weighted by Crippen LogP contribution is 2.11. The maximum atomic E-state index is 12.8. The van der Waals surface area contributed by atoms with Crippen LogP contribution in [0.15, 0.2) is 75.2 Å². The predicted molar refractivity (Wildman–Crippen MR) is 122 cm³/mol. The first-order valence-electron chi connectivity index (χ1n) is 10.6. The van der Waals surface area contributed by atoms with E-state index in [4.69, 9.17) is 4.42 Å². The molecule has 1 aromatic heterocycles. The van der Waals surface area contributed by atoms with E-state index < -0.39 is 5.63 Å². The third-order valence-corrected chi connectivity index (χ3v) is 5.05. The minimum atomic E-state index is -0.506. The summed E-state index contributed by atoms with van der Waals surface area (Å²) in [5.41, 5.74) is 0.133. The summed E-state index contributed by atoms with van der Waals surface area (Å²) in [7, 11) is 0. The maximum Gasteiger partial charge on any atom is 0.346 e. The molecule has 0 fully saturated rings. The summed E-state index contributed by atoms with van der Waals surface area (Å²) in [6.07, 6.45) is 10.2. The number of rotatable bonds is 9. The summed E-state index contributed by atoms with van der Waals surface area (Å²) in [4.78, 5) is 32.8. The average Bonchev–Trinajstić information content (AvgIpc) is 2.75. The zero-order chi connectivity index (χ0) is 21.2. The highest BCUT2D eigenvalue weighted by atomic mass is 16.4. The molecule has 0 radical (unpaired) electrons. The quantitative estimate of drug-likeness (QED) is 0.371. The van der Waals surface area contributed by atoms with E-state index in [1.807, 2.05) is 12.1 Å². The Morgan fingerprint density at radius 2 is 1.53 bits per heavy atom. The van der Waals surface area contributed by atoms with E-state index >= 15 is 0 Å². The Labute approximate surface area is 175 Å². The fraction of sp³-hybridized carbons (Fsp3) is 0.320. The first-order valence-corrected chi connectivity index (χ1v) is 10.6. The minimum Gasteiger partial charge on any atom is -0.408 e. The third kappa shape index (κ3) is 5.89. The van der Waals surface area contributed by atoms with Crippen LogP contribution in [-0.2, 0) is 6.42 Å². The lowest BCUT2D eigenvalue weighted by atomic mass is 10.1. The van der Waals surface area contributed by atoms with Crippen molar-refractivity contribution in [2.24, 2.45) is 0 Å². The van der Waals surface area contributed by atoms with Crippen LogP contribution in [0.3, 0.4) is 0 Å². The van der Waals surface area contributed by atoms with E-state index in [0.717, 1.165) is 25.7 Å². The summed E-state index contributed by atoms with van der Waals surface area (Å²) in [5, 5.41) is 0.769. The van der Waals surface area contributed by atoms with Crippen molar-refractivity contribution < 1.29 is 4.42 Å². The zero-order valence-corrected chi connectivity index (χ0v) is 17.2. The third-order valence-electron chi connectivity index (χ3n) is 5.05. The maximum absolute atomic E-state index is 12.8. The van der Waals surface area contributed by atoms with Gasteiger partial charge in [-0.3, -0.25) is 4.79 Å². The standard InChI is InChI=1S/C25H28N2O3/c1-2-3-4-5-6-7-8-9-18-23-26-21-16-12-10-14-19(21)24(28)27-22-17-13-11-15-20(22)25(29)30-23/h2,10-17H,1,3-9,18H2,(H,27,28). The Balaban J connectivity index is 1.93. The van der Waals surface area contributed by atoms with E-state index in [2.05, 4.69) is 16.5 Å². The number of nitrogens with zero attached hydrogens (tertiary/aromatic N) is 1. The number of hydrogen-bond acceptors (Lipinski definition) is 4. The van der Waals surface area contributed by atoms with E-state index in [-0.39, 0.29) is 5.56 Å². The van der Waals surface area contributed by atoms with Crippen molar-refractivity contribution in [1.82, 2.24) is 9.97 Å². The van der Waals surface area contributed by atoms with Crippen molar-refractivity contribution in [2.45, 2.75) is 51.4 Å². The molecule has 0 bridgehead atoms. The van der Waals surface area contributed by atoms with Gasteiger partial charge in [0, 0.05) is 6.42 Å². The molecule has 0 saturated carbocycles. The number of H-pyrrole nitrogens is 1. The van der Waals surface area contributed by atoms with Crippen molar-refractivity contribution in [2.75, 3.05) is 0 Å². The van der Waals surface area contributed by atoms with Crippen LogP contribution in [0.25, 0.3) is 21.8 Å². The molecule has 0 aliphatic rings. The van der Waals surface area contributed by atoms with Gasteiger partial charge in [-0.05, 0) is 43.5 Å². The molecule has 0 aliphatic heterocycles. The highest BCUT2D eigenvalue weighted by Gasteiger charge is 2.04. The van der Waals surface area contributed by atoms with Gasteiger partial charge in [-0.2, -0.15) is 0 Å². The Morgan fingerprint density at radius 3 is 2.33 bits per heavy atom. The molecule has 0 saturated heterocycles. The van der Waals surface area contributed by atoms with Gasteiger partial charge in [0.05, 0.1) is 21.8 Å². The second-order valence-electron chi connectivity index (χ2n) is 7.36. The number of allylic oxidation sites excluding steroid dienone is 1. The summed E-state index contributed by atoms with van der Waals surface area (Å²) in [6, 6.07) is 14.0. The second kappa shape index (κ2) is 11.1. The molecule has 1 heterocycles. The first kappa shape index (κ1) is 21.5. The van der Waals surface area contributed by atoms with Crippen LogP contribution >= 0.6 is 0 Å². The Morgan fingerprint density at radius 1 is 0.867 bits per heavy atom. The smallest absolute Gasteiger partial charge is 0.346 e. The van der Waals surface area contributed by atoms with Gasteiger partial charge in [0.2, 0.25) is 0 Å². The largest absolute Gasteiger partial charge is 0.408 e. The molecule has 0 amide bonds. The van der Waals surface area contributed by atoms with Gasteiger partial charge < -0.3 is 9.40 Å². The van der Waals surface area contributed by atoms with Gasteiger partial charge in [0.15, 0.2) is 5.89 Å². The summed E-state index contributed by atoms with van der Waals surface area (Å²) in [5.74, 6) is 0.351. The number of nitrogens with one attached hydrogen (secondary N) is 1. The van der Waals surface area contributed by atoms with E-state index in [1.165, 1.54) is 19.3 Å². The van der Waals surface area contributed by atoms with Gasteiger partial charge in [0.25, 0.3) is 5.56 Å². The molecule has 5 heteroatoms. The number of benzene rings is 2. The lowest BCUT2D eigenvalue weighted by Crippen LogP contribution is -2.07. The molecule has 0 aliphatic carbocycles. The van der Waals surface area contributed by atoms with E-state index in [1.54, 1.807) is 42.5 Å². The lowest BCUT2D eigenvalue weighted by Gasteiger charge is -2.01. The second-order valence-corrected chi connectivity index (χ2v) is 7.36. The lowest BCUT2D eigenvalue weighted by molar-refractivity contribution is 0.437. The van der Waals surface area contributed by atoms with Crippen LogP contribution in [-0.4, -0.2) is 9.97 Å². The van der Waals surface area contributed by atoms with Gasteiger partial charge in [-0.15, -0.1) is 6.58 Å². The first-order chi connectivity index (χ1) is 14.7. The number of fused-ring (bicyclic) bond motifs is 2. The molecular formula is C25H28N2O3. The number of unbranched alkanes of at least 4 members (excludes halogenated alkanes) is 6. The van der Waals surface area contributed by atoms with E-state index in [0.29, 0.717) is 34.1 Å². The topological polar surface area (TPSA) is 76.0 Å². The number of aromatic amines is 1. The zero-order valence-electron chi connectivity index (χ0n) is 17.2. The van der Waals surface area contributed by atoms with Crippen LogP contribution < -0.4 is 11.2 Å². The molecule has 3 rings (SSSR count). The molecule has 2 aromatic carbocycles. The normalized spacial score (nSPS) is 10.8. The molecule has 30 heavy (non-hydrogen) atoms. The van der Waals surface area contributed by atoms with E-state index in [9.17, 15) is 9.59 Å². The van der Waals surface area contributed by atoms with Crippen molar-refractivity contribution in [1.29, 1.82) is 0 Å². The molecule has 5 nitrogen and oxygen atoms in total. The van der Waals surface area contributed by atoms with Crippen LogP contribution in [0.2, 0.25) is 0 Å². The van der Waals surface area contributed by atoms with Crippen molar-refractivity contribution in [3.8, 4) is 0 Å². The SMILES string of the molecule is C=CCCCCCCCCc1nc2ccccc2c(=O)[nH]c2ccccc2c(=O)o1. The summed E-state index contributed by atoms with van der Waals surface area (Å²) < 4.78 is 5.65. The number of hydrogen-bond donors (Lipinski definition) is 1. The number of aryl methyl sites for hydroxylation is 1. The number of aromatic nitrogens is 2. The molecular weight excluding hydrogens is 376 g/mol.